The highest BCUT2D eigenvalue weighted by Gasteiger charge is 2.21. The molecule has 1 N–H and O–H groups in total. The van der Waals surface area contributed by atoms with Gasteiger partial charge in [-0.05, 0) is 37.9 Å². The molecule has 0 aliphatic carbocycles. The lowest BCUT2D eigenvalue weighted by atomic mass is 10.1. The van der Waals surface area contributed by atoms with Gasteiger partial charge in [0.05, 0.1) is 0 Å². The van der Waals surface area contributed by atoms with E-state index >= 15 is 0 Å². The Morgan fingerprint density at radius 3 is 3.11 bits per heavy atom. The van der Waals surface area contributed by atoms with Crippen LogP contribution in [0.1, 0.15) is 18.4 Å². The predicted molar refractivity (Wildman–Crippen MR) is 72.0 cm³/mol. The van der Waals surface area contributed by atoms with Gasteiger partial charge in [-0.1, -0.05) is 6.07 Å². The van der Waals surface area contributed by atoms with Crippen molar-refractivity contribution in [2.75, 3.05) is 25.0 Å². The van der Waals surface area contributed by atoms with Crippen molar-refractivity contribution >= 4 is 11.6 Å². The molecular formula is C13H19N5. The fourth-order valence-electron chi connectivity index (χ4n) is 2.50. The summed E-state index contributed by atoms with van der Waals surface area (Å²) in [6.45, 7) is 4.21. The predicted octanol–water partition coefficient (Wildman–Crippen LogP) is 1.23. The van der Waals surface area contributed by atoms with Gasteiger partial charge >= 0.3 is 0 Å². The van der Waals surface area contributed by atoms with Crippen LogP contribution in [-0.2, 0) is 0 Å². The Bertz CT molecular complexity index is 541. The zero-order valence-corrected chi connectivity index (χ0v) is 10.9. The molecule has 96 valence electrons. The first kappa shape index (κ1) is 11.5. The first-order valence-corrected chi connectivity index (χ1v) is 6.51. The monoisotopic (exact) mass is 245 g/mol. The van der Waals surface area contributed by atoms with Gasteiger partial charge in [0, 0.05) is 25.8 Å². The van der Waals surface area contributed by atoms with Crippen LogP contribution >= 0.6 is 0 Å². The van der Waals surface area contributed by atoms with Crippen LogP contribution in [0.4, 0.5) is 5.95 Å². The van der Waals surface area contributed by atoms with E-state index in [4.69, 9.17) is 0 Å². The second-order valence-corrected chi connectivity index (χ2v) is 4.98. The molecule has 1 saturated heterocycles. The smallest absolute Gasteiger partial charge is 0.245 e. The molecule has 0 amide bonds. The van der Waals surface area contributed by atoms with Gasteiger partial charge in [0.1, 0.15) is 0 Å². The van der Waals surface area contributed by atoms with E-state index in [-0.39, 0.29) is 0 Å². The Labute approximate surface area is 107 Å². The first-order chi connectivity index (χ1) is 8.75. The molecule has 18 heavy (non-hydrogen) atoms. The number of aryl methyl sites for hydroxylation is 1. The van der Waals surface area contributed by atoms with Gasteiger partial charge in [-0.2, -0.15) is 4.98 Å². The van der Waals surface area contributed by atoms with Crippen molar-refractivity contribution in [2.45, 2.75) is 25.8 Å². The Balaban J connectivity index is 1.91. The average Bonchev–Trinajstić information content (AvgIpc) is 2.84. The highest BCUT2D eigenvalue weighted by molar-refractivity contribution is 5.50. The molecule has 1 atom stereocenters. The van der Waals surface area contributed by atoms with E-state index in [1.54, 1.807) is 0 Å². The number of rotatable bonds is 2. The molecule has 3 rings (SSSR count). The molecule has 2 aromatic rings. The summed E-state index contributed by atoms with van der Waals surface area (Å²) in [5.74, 6) is 0.818. The third kappa shape index (κ3) is 1.95. The Kier molecular flexibility index (Phi) is 2.91. The summed E-state index contributed by atoms with van der Waals surface area (Å²) in [7, 11) is 2.09. The molecule has 0 radical (unpaired) electrons. The van der Waals surface area contributed by atoms with Gasteiger partial charge < -0.3 is 10.2 Å². The average molecular weight is 245 g/mol. The minimum absolute atomic E-state index is 0.497. The van der Waals surface area contributed by atoms with Crippen molar-refractivity contribution in [3.8, 4) is 0 Å². The minimum Gasteiger partial charge on any atom is -0.338 e. The van der Waals surface area contributed by atoms with Gasteiger partial charge in [-0.25, -0.2) is 4.52 Å². The summed E-state index contributed by atoms with van der Waals surface area (Å²) < 4.78 is 1.86. The molecule has 1 fully saturated rings. The molecular weight excluding hydrogens is 226 g/mol. The standard InChI is InChI=1S/C13H19N5/c1-10-5-4-8-18-12(10)15-13(16-18)17(2)11-6-3-7-14-9-11/h4-5,8,11,14H,3,6-7,9H2,1-2H3. The summed E-state index contributed by atoms with van der Waals surface area (Å²) in [5, 5.41) is 7.98. The molecule has 1 aliphatic heterocycles. The van der Waals surface area contributed by atoms with Crippen molar-refractivity contribution in [3.63, 3.8) is 0 Å². The number of pyridine rings is 1. The van der Waals surface area contributed by atoms with E-state index in [1.807, 2.05) is 16.8 Å². The number of hydrogen-bond acceptors (Lipinski definition) is 4. The fourth-order valence-corrected chi connectivity index (χ4v) is 2.50. The topological polar surface area (TPSA) is 45.5 Å². The van der Waals surface area contributed by atoms with E-state index in [0.717, 1.165) is 30.2 Å². The van der Waals surface area contributed by atoms with Crippen molar-refractivity contribution in [3.05, 3.63) is 23.9 Å². The molecule has 0 saturated carbocycles. The second-order valence-electron chi connectivity index (χ2n) is 4.98. The van der Waals surface area contributed by atoms with Gasteiger partial charge in [0.25, 0.3) is 0 Å². The van der Waals surface area contributed by atoms with Crippen LogP contribution in [0.2, 0.25) is 0 Å². The lowest BCUT2D eigenvalue weighted by Crippen LogP contribution is -2.44. The van der Waals surface area contributed by atoms with Gasteiger partial charge in [-0.3, -0.25) is 0 Å². The molecule has 0 spiro atoms. The van der Waals surface area contributed by atoms with E-state index in [2.05, 4.69) is 40.3 Å². The SMILES string of the molecule is Cc1cccn2nc(N(C)C3CCCNC3)nc12. The number of nitrogens with one attached hydrogen (secondary N) is 1. The summed E-state index contributed by atoms with van der Waals surface area (Å²) in [5.41, 5.74) is 2.11. The van der Waals surface area contributed by atoms with Crippen LogP contribution < -0.4 is 10.2 Å². The van der Waals surface area contributed by atoms with Crippen LogP contribution in [0.15, 0.2) is 18.3 Å². The largest absolute Gasteiger partial charge is 0.338 e. The number of hydrogen-bond donors (Lipinski definition) is 1. The molecule has 2 aromatic heterocycles. The first-order valence-electron chi connectivity index (χ1n) is 6.51. The van der Waals surface area contributed by atoms with E-state index in [0.29, 0.717) is 6.04 Å². The second kappa shape index (κ2) is 4.57. The molecule has 5 heteroatoms. The summed E-state index contributed by atoms with van der Waals surface area (Å²) >= 11 is 0. The third-order valence-electron chi connectivity index (χ3n) is 3.68. The Hall–Kier alpha value is -1.62. The normalized spacial score (nSPS) is 20.2. The molecule has 1 unspecified atom stereocenters. The number of nitrogens with zero attached hydrogens (tertiary/aromatic N) is 4. The lowest BCUT2D eigenvalue weighted by molar-refractivity contribution is 0.441. The quantitative estimate of drug-likeness (QED) is 0.864. The Morgan fingerprint density at radius 1 is 1.50 bits per heavy atom. The number of anilines is 1. The maximum atomic E-state index is 4.64. The van der Waals surface area contributed by atoms with E-state index < -0.39 is 0 Å². The molecule has 0 aromatic carbocycles. The van der Waals surface area contributed by atoms with Crippen molar-refractivity contribution < 1.29 is 0 Å². The van der Waals surface area contributed by atoms with E-state index in [9.17, 15) is 0 Å². The zero-order chi connectivity index (χ0) is 12.5. The fraction of sp³-hybridized carbons (Fsp3) is 0.538. The maximum absolute atomic E-state index is 4.64. The van der Waals surface area contributed by atoms with E-state index in [1.165, 1.54) is 12.8 Å². The van der Waals surface area contributed by atoms with Crippen molar-refractivity contribution in [1.82, 2.24) is 19.9 Å². The number of aromatic nitrogens is 3. The number of likely N-dealkylation sites (N-methyl/N-ethyl adjacent to an activating group) is 1. The molecule has 5 nitrogen and oxygen atoms in total. The van der Waals surface area contributed by atoms with Crippen LogP contribution in [-0.4, -0.2) is 40.8 Å². The highest BCUT2D eigenvalue weighted by Crippen LogP contribution is 2.17. The van der Waals surface area contributed by atoms with Crippen LogP contribution in [0.3, 0.4) is 0 Å². The zero-order valence-electron chi connectivity index (χ0n) is 10.9. The molecule has 0 bridgehead atoms. The Morgan fingerprint density at radius 2 is 2.39 bits per heavy atom. The minimum atomic E-state index is 0.497. The van der Waals surface area contributed by atoms with Crippen molar-refractivity contribution in [2.24, 2.45) is 0 Å². The lowest BCUT2D eigenvalue weighted by Gasteiger charge is -2.30. The van der Waals surface area contributed by atoms with Gasteiger partial charge in [0.15, 0.2) is 5.65 Å². The summed E-state index contributed by atoms with van der Waals surface area (Å²) in [6, 6.07) is 4.57. The van der Waals surface area contributed by atoms with Crippen LogP contribution in [0.5, 0.6) is 0 Å². The number of piperidine rings is 1. The highest BCUT2D eigenvalue weighted by atomic mass is 15.4. The van der Waals surface area contributed by atoms with Crippen LogP contribution in [0, 0.1) is 6.92 Å². The maximum Gasteiger partial charge on any atom is 0.245 e. The summed E-state index contributed by atoms with van der Waals surface area (Å²) in [4.78, 5) is 6.83. The molecule has 1 aliphatic rings. The van der Waals surface area contributed by atoms with Gasteiger partial charge in [0.2, 0.25) is 5.95 Å². The number of fused-ring (bicyclic) bond motifs is 1. The van der Waals surface area contributed by atoms with Crippen molar-refractivity contribution in [1.29, 1.82) is 0 Å². The molecule has 3 heterocycles. The van der Waals surface area contributed by atoms with Crippen LogP contribution in [0.25, 0.3) is 5.65 Å². The third-order valence-corrected chi connectivity index (χ3v) is 3.68. The van der Waals surface area contributed by atoms with Gasteiger partial charge in [-0.15, -0.1) is 5.10 Å². The summed E-state index contributed by atoms with van der Waals surface area (Å²) in [6.07, 6.45) is 4.38.